The van der Waals surface area contributed by atoms with Gasteiger partial charge in [0.15, 0.2) is 0 Å². The summed E-state index contributed by atoms with van der Waals surface area (Å²) < 4.78 is 0. The molecule has 6 nitrogen and oxygen atoms in total. The molecule has 0 unspecified atom stereocenters. The van der Waals surface area contributed by atoms with Gasteiger partial charge in [0.25, 0.3) is 0 Å². The molecule has 0 aliphatic carbocycles. The van der Waals surface area contributed by atoms with Gasteiger partial charge in [-0.05, 0) is 28.5 Å². The molecule has 3 aromatic carbocycles. The monoisotopic (exact) mass is 413 g/mol. The molecule has 4 rings (SSSR count). The van der Waals surface area contributed by atoms with Gasteiger partial charge in [0.05, 0.1) is 11.3 Å². The Hall–Kier alpha value is -2.38. The molecule has 0 bridgehead atoms. The summed E-state index contributed by atoms with van der Waals surface area (Å²) in [6, 6.07) is 20.9. The number of amides is 2. The Morgan fingerprint density at radius 3 is 2.33 bits per heavy atom. The molecule has 30 heavy (non-hydrogen) atoms. The van der Waals surface area contributed by atoms with Crippen LogP contribution in [0.15, 0.2) is 66.7 Å². The van der Waals surface area contributed by atoms with Crippen LogP contribution in [-0.2, 0) is 6.54 Å². The van der Waals surface area contributed by atoms with Crippen LogP contribution in [0.4, 0.5) is 10.5 Å². The largest absolute Gasteiger partial charge is 1.00 e. The van der Waals surface area contributed by atoms with Gasteiger partial charge in [-0.1, -0.05) is 54.6 Å². The molecule has 1 heterocycles. The molecule has 0 radical (unpaired) electrons. The maximum Gasteiger partial charge on any atom is 1.00 e. The summed E-state index contributed by atoms with van der Waals surface area (Å²) in [4.78, 5) is 28.0. The molecule has 0 saturated carbocycles. The number of nitrogens with zero attached hydrogens (tertiary/aromatic N) is 2. The van der Waals surface area contributed by atoms with Crippen LogP contribution >= 0.6 is 0 Å². The van der Waals surface area contributed by atoms with Gasteiger partial charge in [-0.15, -0.1) is 0 Å². The molecule has 7 heteroatoms. The van der Waals surface area contributed by atoms with Crippen LogP contribution in [0.1, 0.15) is 17.3 Å². The molecule has 2 amide bonds. The van der Waals surface area contributed by atoms with Crippen molar-refractivity contribution in [2.24, 2.45) is 0 Å². The number of anilines is 1. The number of para-hydroxylation sites is 1. The number of nitrogens with one attached hydrogen (secondary N) is 1. The zero-order chi connectivity index (χ0) is 20.2. The summed E-state index contributed by atoms with van der Waals surface area (Å²) in [5.74, 6) is -1.05. The van der Waals surface area contributed by atoms with Gasteiger partial charge in [-0.3, -0.25) is 4.90 Å². The van der Waals surface area contributed by atoms with Gasteiger partial charge in [0, 0.05) is 32.7 Å². The van der Waals surface area contributed by atoms with Crippen molar-refractivity contribution >= 4 is 28.5 Å². The normalized spacial score (nSPS) is 14.2. The summed E-state index contributed by atoms with van der Waals surface area (Å²) in [5.41, 5.74) is 1.70. The first-order valence-corrected chi connectivity index (χ1v) is 9.69. The summed E-state index contributed by atoms with van der Waals surface area (Å²) in [6.45, 7) is 3.60. The maximum absolute atomic E-state index is 12.6. The number of fused-ring (bicyclic) bond motifs is 1. The minimum absolute atomic E-state index is 0. The molecule has 1 aliphatic rings. The third kappa shape index (κ3) is 5.02. The molecule has 0 atom stereocenters. The fourth-order valence-electron chi connectivity index (χ4n) is 3.75. The Labute approximate surface area is 199 Å². The van der Waals surface area contributed by atoms with Crippen molar-refractivity contribution in [2.75, 3.05) is 31.5 Å². The number of carbonyl (C=O) groups is 2. The van der Waals surface area contributed by atoms with Crippen LogP contribution in [0, 0.1) is 0 Å². The zero-order valence-electron chi connectivity index (χ0n) is 18.0. The second-order valence-electron chi connectivity index (χ2n) is 7.18. The molecule has 2 N–H and O–H groups in total. The van der Waals surface area contributed by atoms with Crippen molar-refractivity contribution in [1.82, 2.24) is 9.80 Å². The van der Waals surface area contributed by atoms with E-state index in [-0.39, 0.29) is 42.6 Å². The first-order chi connectivity index (χ1) is 14.1. The van der Waals surface area contributed by atoms with E-state index in [1.54, 1.807) is 23.1 Å². The van der Waals surface area contributed by atoms with E-state index < -0.39 is 5.97 Å². The molecule has 1 aliphatic heterocycles. The van der Waals surface area contributed by atoms with Crippen LogP contribution in [0.2, 0.25) is 0 Å². The van der Waals surface area contributed by atoms with Crippen molar-refractivity contribution in [3.05, 3.63) is 77.9 Å². The zero-order valence-corrected chi connectivity index (χ0v) is 19.0. The minimum atomic E-state index is -1.05. The minimum Gasteiger partial charge on any atom is -1.00 e. The summed E-state index contributed by atoms with van der Waals surface area (Å²) >= 11 is 0. The number of piperazine rings is 1. The maximum atomic E-state index is 12.6. The number of carboxylic acids is 1. The first-order valence-electron chi connectivity index (χ1n) is 9.69. The van der Waals surface area contributed by atoms with E-state index >= 15 is 0 Å². The number of aromatic carboxylic acids is 1. The Kier molecular flexibility index (Phi) is 7.50. The number of hydrogen-bond donors (Lipinski definition) is 2. The average Bonchev–Trinajstić information content (AvgIpc) is 2.75. The SMILES string of the molecule is O=C(O)c1ccccc1NC(=O)N1CCN(Cc2cccc3ccccc23)CC1.[H-].[Na+]. The van der Waals surface area contributed by atoms with Crippen LogP contribution in [-0.4, -0.2) is 53.1 Å². The third-order valence-electron chi connectivity index (χ3n) is 5.33. The molecular weight excluding hydrogens is 389 g/mol. The Morgan fingerprint density at radius 2 is 1.57 bits per heavy atom. The predicted octanol–water partition coefficient (Wildman–Crippen LogP) is 1.00. The molecular formula is C23H24N3NaO3. The number of rotatable bonds is 4. The quantitative estimate of drug-likeness (QED) is 0.626. The van der Waals surface area contributed by atoms with E-state index in [0.29, 0.717) is 18.8 Å². The van der Waals surface area contributed by atoms with E-state index in [0.717, 1.165) is 19.6 Å². The Bertz CT molecular complexity index is 1050. The molecule has 150 valence electrons. The van der Waals surface area contributed by atoms with Crippen LogP contribution < -0.4 is 34.9 Å². The predicted molar refractivity (Wildman–Crippen MR) is 114 cm³/mol. The summed E-state index contributed by atoms with van der Waals surface area (Å²) in [7, 11) is 0. The van der Waals surface area contributed by atoms with Gasteiger partial charge >= 0.3 is 41.6 Å². The van der Waals surface area contributed by atoms with Crippen LogP contribution in [0.25, 0.3) is 10.8 Å². The van der Waals surface area contributed by atoms with E-state index in [4.69, 9.17) is 0 Å². The van der Waals surface area contributed by atoms with Crippen molar-refractivity contribution in [1.29, 1.82) is 0 Å². The topological polar surface area (TPSA) is 72.9 Å². The van der Waals surface area contributed by atoms with Gasteiger partial charge in [-0.25, -0.2) is 9.59 Å². The third-order valence-corrected chi connectivity index (χ3v) is 5.33. The number of carbonyl (C=O) groups excluding carboxylic acids is 1. The molecule has 3 aromatic rings. The van der Waals surface area contributed by atoms with Crippen molar-refractivity contribution < 1.29 is 45.7 Å². The molecule has 1 fully saturated rings. The number of hydrogen-bond acceptors (Lipinski definition) is 3. The van der Waals surface area contributed by atoms with Crippen molar-refractivity contribution in [2.45, 2.75) is 6.54 Å². The number of benzene rings is 3. The fraction of sp³-hybridized carbons (Fsp3) is 0.217. The van der Waals surface area contributed by atoms with Gasteiger partial charge in [-0.2, -0.15) is 0 Å². The molecule has 0 aromatic heterocycles. The molecule has 1 saturated heterocycles. The Balaban J connectivity index is 0.00000171. The first kappa shape index (κ1) is 22.3. The summed E-state index contributed by atoms with van der Waals surface area (Å²) in [6.07, 6.45) is 0. The second-order valence-corrected chi connectivity index (χ2v) is 7.18. The second kappa shape index (κ2) is 10.1. The van der Waals surface area contributed by atoms with Crippen LogP contribution in [0.5, 0.6) is 0 Å². The summed E-state index contributed by atoms with van der Waals surface area (Å²) in [5, 5.41) is 14.5. The molecule has 0 spiro atoms. The van der Waals surface area contributed by atoms with Crippen molar-refractivity contribution in [3.8, 4) is 0 Å². The van der Waals surface area contributed by atoms with E-state index in [2.05, 4.69) is 46.6 Å². The standard InChI is InChI=1S/C23H23N3O3.Na.H/c27-22(28)20-10-3-4-11-21(20)24-23(29)26-14-12-25(13-15-26)16-18-8-5-7-17-6-1-2-9-19(17)18;;/h1-11H,12-16H2,(H,24,29)(H,27,28);;/q;+1;-1. The fourth-order valence-corrected chi connectivity index (χ4v) is 3.75. The van der Waals surface area contributed by atoms with Gasteiger partial charge < -0.3 is 16.7 Å². The average molecular weight is 413 g/mol. The van der Waals surface area contributed by atoms with Gasteiger partial charge in [0.1, 0.15) is 0 Å². The van der Waals surface area contributed by atoms with E-state index in [1.165, 1.54) is 22.4 Å². The van der Waals surface area contributed by atoms with E-state index in [9.17, 15) is 14.7 Å². The van der Waals surface area contributed by atoms with Crippen LogP contribution in [0.3, 0.4) is 0 Å². The van der Waals surface area contributed by atoms with Gasteiger partial charge in [0.2, 0.25) is 0 Å². The smallest absolute Gasteiger partial charge is 1.00 e. The number of carboxylic acid groups (broad SMARTS) is 1. The van der Waals surface area contributed by atoms with Crippen molar-refractivity contribution in [3.63, 3.8) is 0 Å². The Morgan fingerprint density at radius 1 is 0.900 bits per heavy atom. The number of urea groups is 1. The van der Waals surface area contributed by atoms with E-state index in [1.807, 2.05) is 6.07 Å².